The maximum Gasteiger partial charge on any atom is 0.356 e. The van der Waals surface area contributed by atoms with Crippen molar-refractivity contribution in [2.45, 2.75) is 25.0 Å². The van der Waals surface area contributed by atoms with Gasteiger partial charge < -0.3 is 14.2 Å². The van der Waals surface area contributed by atoms with Gasteiger partial charge in [-0.2, -0.15) is 0 Å². The molecule has 1 aromatic carbocycles. The lowest BCUT2D eigenvalue weighted by molar-refractivity contribution is -0.169. The van der Waals surface area contributed by atoms with Crippen molar-refractivity contribution in [1.82, 2.24) is 0 Å². The number of rotatable bonds is 4. The molecule has 106 valence electrons. The fourth-order valence-electron chi connectivity index (χ4n) is 2.18. The first-order chi connectivity index (χ1) is 9.73. The predicted octanol–water partition coefficient (Wildman–Crippen LogP) is 1.88. The van der Waals surface area contributed by atoms with Gasteiger partial charge in [-0.05, 0) is 6.92 Å². The average Bonchev–Trinajstić information content (AvgIpc) is 2.98. The summed E-state index contributed by atoms with van der Waals surface area (Å²) in [7, 11) is 1.46. The molecule has 0 unspecified atom stereocenters. The molecule has 1 aromatic rings. The van der Waals surface area contributed by atoms with Gasteiger partial charge in [-0.25, -0.2) is 4.79 Å². The monoisotopic (exact) mass is 274 g/mol. The van der Waals surface area contributed by atoms with E-state index in [2.05, 4.69) is 11.8 Å². The van der Waals surface area contributed by atoms with Gasteiger partial charge in [0.05, 0.1) is 13.2 Å². The summed E-state index contributed by atoms with van der Waals surface area (Å²) in [5.41, 5.74) is -0.709. The summed E-state index contributed by atoms with van der Waals surface area (Å²) in [6, 6.07) is 9.17. The number of carbonyl (C=O) groups excluding carboxylic acids is 1. The van der Waals surface area contributed by atoms with E-state index in [9.17, 15) is 4.79 Å². The molecule has 2 atom stereocenters. The summed E-state index contributed by atoms with van der Waals surface area (Å²) < 4.78 is 16.1. The van der Waals surface area contributed by atoms with E-state index in [1.54, 1.807) is 19.1 Å². The van der Waals surface area contributed by atoms with Gasteiger partial charge in [0.25, 0.3) is 5.60 Å². The Kier molecular flexibility index (Phi) is 4.78. The van der Waals surface area contributed by atoms with Crippen LogP contribution in [0.2, 0.25) is 0 Å². The van der Waals surface area contributed by atoms with Crippen LogP contribution in [0.3, 0.4) is 0 Å². The van der Waals surface area contributed by atoms with Gasteiger partial charge in [0.15, 0.2) is 0 Å². The number of ether oxygens (including phenoxy) is 3. The van der Waals surface area contributed by atoms with Gasteiger partial charge >= 0.3 is 5.97 Å². The molecule has 0 spiro atoms. The number of hydrogen-bond acceptors (Lipinski definition) is 4. The van der Waals surface area contributed by atoms with Crippen molar-refractivity contribution in [1.29, 1.82) is 0 Å². The Morgan fingerprint density at radius 1 is 1.40 bits per heavy atom. The maximum absolute atomic E-state index is 12.5. The van der Waals surface area contributed by atoms with Gasteiger partial charge in [-0.1, -0.05) is 36.3 Å². The largest absolute Gasteiger partial charge is 0.457 e. The fraction of sp³-hybridized carbons (Fsp3) is 0.438. The average molecular weight is 274 g/mol. The number of esters is 1. The number of hydrogen-bond donors (Lipinski definition) is 0. The van der Waals surface area contributed by atoms with Crippen molar-refractivity contribution in [3.63, 3.8) is 0 Å². The Balaban J connectivity index is 2.30. The zero-order valence-electron chi connectivity index (χ0n) is 11.7. The number of carbonyl (C=O) groups is 1. The SMILES string of the molecule is CC#C[C@](OC)(C(=O)O[C@@H]1CCOC1)c1ccccc1. The van der Waals surface area contributed by atoms with E-state index >= 15 is 0 Å². The van der Waals surface area contributed by atoms with E-state index < -0.39 is 11.6 Å². The van der Waals surface area contributed by atoms with Crippen LogP contribution in [0.4, 0.5) is 0 Å². The molecule has 2 rings (SSSR count). The summed E-state index contributed by atoms with van der Waals surface area (Å²) in [6.45, 7) is 2.71. The summed E-state index contributed by atoms with van der Waals surface area (Å²) >= 11 is 0. The van der Waals surface area contributed by atoms with Gasteiger partial charge in [-0.3, -0.25) is 0 Å². The molecule has 0 radical (unpaired) electrons. The second kappa shape index (κ2) is 6.56. The fourth-order valence-corrected chi connectivity index (χ4v) is 2.18. The highest BCUT2D eigenvalue weighted by Gasteiger charge is 2.42. The van der Waals surface area contributed by atoms with Gasteiger partial charge in [-0.15, -0.1) is 5.92 Å². The van der Waals surface area contributed by atoms with Crippen LogP contribution < -0.4 is 0 Å². The minimum atomic E-state index is -1.38. The molecule has 0 aromatic heterocycles. The second-order valence-corrected chi connectivity index (χ2v) is 4.52. The van der Waals surface area contributed by atoms with E-state index in [0.717, 1.165) is 0 Å². The minimum Gasteiger partial charge on any atom is -0.457 e. The number of methoxy groups -OCH3 is 1. The Hall–Kier alpha value is -1.83. The molecular weight excluding hydrogens is 256 g/mol. The maximum atomic E-state index is 12.5. The van der Waals surface area contributed by atoms with Crippen molar-refractivity contribution in [2.75, 3.05) is 20.3 Å². The normalized spacial score (nSPS) is 20.6. The second-order valence-electron chi connectivity index (χ2n) is 4.52. The van der Waals surface area contributed by atoms with Gasteiger partial charge in [0, 0.05) is 19.1 Å². The third-order valence-electron chi connectivity index (χ3n) is 3.24. The van der Waals surface area contributed by atoms with Crippen molar-refractivity contribution < 1.29 is 19.0 Å². The molecule has 0 aliphatic carbocycles. The van der Waals surface area contributed by atoms with E-state index in [4.69, 9.17) is 14.2 Å². The van der Waals surface area contributed by atoms with E-state index in [0.29, 0.717) is 25.2 Å². The highest BCUT2D eigenvalue weighted by Crippen LogP contribution is 2.27. The van der Waals surface area contributed by atoms with Crippen LogP contribution in [0.15, 0.2) is 30.3 Å². The zero-order chi connectivity index (χ0) is 14.4. The smallest absolute Gasteiger partial charge is 0.356 e. The van der Waals surface area contributed by atoms with Gasteiger partial charge in [0.1, 0.15) is 6.10 Å². The molecule has 0 N–H and O–H groups in total. The van der Waals surface area contributed by atoms with Crippen LogP contribution in [0.5, 0.6) is 0 Å². The lowest BCUT2D eigenvalue weighted by atomic mass is 9.94. The van der Waals surface area contributed by atoms with Crippen LogP contribution >= 0.6 is 0 Å². The third-order valence-corrected chi connectivity index (χ3v) is 3.24. The molecule has 0 saturated carbocycles. The van der Waals surface area contributed by atoms with E-state index in [-0.39, 0.29) is 6.10 Å². The van der Waals surface area contributed by atoms with Crippen LogP contribution in [0.1, 0.15) is 18.9 Å². The van der Waals surface area contributed by atoms with Crippen LogP contribution in [0, 0.1) is 11.8 Å². The third kappa shape index (κ3) is 2.84. The van der Waals surface area contributed by atoms with Crippen LogP contribution in [-0.4, -0.2) is 32.4 Å². The summed E-state index contributed by atoms with van der Waals surface area (Å²) in [6.07, 6.45) is 0.485. The van der Waals surface area contributed by atoms with Crippen molar-refractivity contribution in [3.8, 4) is 11.8 Å². The molecule has 1 heterocycles. The molecule has 1 fully saturated rings. The molecule has 4 heteroatoms. The van der Waals surface area contributed by atoms with E-state index in [1.165, 1.54) is 7.11 Å². The van der Waals surface area contributed by atoms with Crippen LogP contribution in [-0.2, 0) is 24.6 Å². The molecule has 0 amide bonds. The first kappa shape index (κ1) is 14.6. The Morgan fingerprint density at radius 3 is 2.70 bits per heavy atom. The Labute approximate surface area is 119 Å². The molecule has 1 aliphatic heterocycles. The summed E-state index contributed by atoms with van der Waals surface area (Å²) in [5, 5.41) is 0. The van der Waals surface area contributed by atoms with Crippen molar-refractivity contribution >= 4 is 5.97 Å². The summed E-state index contributed by atoms with van der Waals surface area (Å²) in [4.78, 5) is 12.5. The molecule has 4 nitrogen and oxygen atoms in total. The first-order valence-corrected chi connectivity index (χ1v) is 6.56. The van der Waals surface area contributed by atoms with Crippen molar-refractivity contribution in [3.05, 3.63) is 35.9 Å². The lowest BCUT2D eigenvalue weighted by Gasteiger charge is -2.26. The van der Waals surface area contributed by atoms with Gasteiger partial charge in [0.2, 0.25) is 0 Å². The summed E-state index contributed by atoms with van der Waals surface area (Å²) in [5.74, 6) is 5.12. The van der Waals surface area contributed by atoms with Crippen LogP contribution in [0.25, 0.3) is 0 Å². The molecular formula is C16H18O4. The molecule has 0 bridgehead atoms. The highest BCUT2D eigenvalue weighted by molar-refractivity contribution is 5.85. The minimum absolute atomic E-state index is 0.223. The Morgan fingerprint density at radius 2 is 2.15 bits per heavy atom. The molecule has 1 aliphatic rings. The van der Waals surface area contributed by atoms with E-state index in [1.807, 2.05) is 18.2 Å². The molecule has 1 saturated heterocycles. The number of benzene rings is 1. The Bertz CT molecular complexity index is 508. The zero-order valence-corrected chi connectivity index (χ0v) is 11.7. The predicted molar refractivity (Wildman–Crippen MR) is 73.9 cm³/mol. The topological polar surface area (TPSA) is 44.8 Å². The first-order valence-electron chi connectivity index (χ1n) is 6.56. The lowest BCUT2D eigenvalue weighted by Crippen LogP contribution is -2.40. The standard InChI is InChI=1S/C16H18O4/c1-3-10-16(18-2,13-7-5-4-6-8-13)15(17)20-14-9-11-19-12-14/h4-8,14H,9,11-12H2,1-2H3/t14-,16-/m1/s1. The molecule has 20 heavy (non-hydrogen) atoms. The highest BCUT2D eigenvalue weighted by atomic mass is 16.6. The quantitative estimate of drug-likeness (QED) is 0.621. The van der Waals surface area contributed by atoms with Crippen molar-refractivity contribution in [2.24, 2.45) is 0 Å².